The molecule has 0 aliphatic heterocycles. The molecule has 1 aromatic carbocycles. The van der Waals surface area contributed by atoms with E-state index < -0.39 is 0 Å². The van der Waals surface area contributed by atoms with Crippen molar-refractivity contribution < 1.29 is 4.74 Å². The molecular weight excluding hydrogens is 198 g/mol. The molecule has 0 fully saturated rings. The van der Waals surface area contributed by atoms with E-state index in [1.165, 1.54) is 18.4 Å². The van der Waals surface area contributed by atoms with Crippen LogP contribution >= 0.6 is 0 Å². The summed E-state index contributed by atoms with van der Waals surface area (Å²) < 4.78 is 5.65. The van der Waals surface area contributed by atoms with Crippen LogP contribution in [0.5, 0.6) is 5.75 Å². The Morgan fingerprint density at radius 3 is 2.50 bits per heavy atom. The quantitative estimate of drug-likeness (QED) is 0.681. The maximum absolute atomic E-state index is 5.65. The van der Waals surface area contributed by atoms with Crippen LogP contribution in [-0.2, 0) is 0 Å². The van der Waals surface area contributed by atoms with Crippen LogP contribution in [0.2, 0.25) is 0 Å². The largest absolute Gasteiger partial charge is 0.494 e. The molecule has 0 radical (unpaired) electrons. The fourth-order valence-electron chi connectivity index (χ4n) is 1.53. The third-order valence-corrected chi connectivity index (χ3v) is 2.54. The lowest BCUT2D eigenvalue weighted by Gasteiger charge is -2.06. The first-order valence-electron chi connectivity index (χ1n) is 6.23. The number of aryl methyl sites for hydroxylation is 1. The van der Waals surface area contributed by atoms with Gasteiger partial charge < -0.3 is 10.1 Å². The van der Waals surface area contributed by atoms with Crippen LogP contribution in [-0.4, -0.2) is 19.7 Å². The highest BCUT2D eigenvalue weighted by molar-refractivity contribution is 5.26. The molecule has 1 N–H and O–H groups in total. The summed E-state index contributed by atoms with van der Waals surface area (Å²) in [7, 11) is 0. The van der Waals surface area contributed by atoms with Gasteiger partial charge in [0.05, 0.1) is 6.61 Å². The van der Waals surface area contributed by atoms with Crippen molar-refractivity contribution >= 4 is 0 Å². The highest BCUT2D eigenvalue weighted by atomic mass is 16.5. The topological polar surface area (TPSA) is 21.3 Å². The molecule has 90 valence electrons. The van der Waals surface area contributed by atoms with Gasteiger partial charge in [0.2, 0.25) is 0 Å². The number of nitrogens with one attached hydrogen (secondary N) is 1. The number of unbranched alkanes of at least 4 members (excludes halogenated alkanes) is 2. The van der Waals surface area contributed by atoms with Crippen molar-refractivity contribution in [1.29, 1.82) is 0 Å². The van der Waals surface area contributed by atoms with Crippen molar-refractivity contribution in [1.82, 2.24) is 5.32 Å². The third kappa shape index (κ3) is 5.76. The zero-order valence-electron chi connectivity index (χ0n) is 10.5. The Balaban J connectivity index is 2.01. The van der Waals surface area contributed by atoms with Gasteiger partial charge in [-0.2, -0.15) is 0 Å². The molecule has 0 aliphatic rings. The first-order chi connectivity index (χ1) is 7.83. The molecule has 1 aromatic rings. The van der Waals surface area contributed by atoms with Gasteiger partial charge in [-0.3, -0.25) is 0 Å². The van der Waals surface area contributed by atoms with E-state index in [1.54, 1.807) is 0 Å². The highest BCUT2D eigenvalue weighted by Crippen LogP contribution is 2.11. The monoisotopic (exact) mass is 221 g/mol. The molecule has 0 heterocycles. The van der Waals surface area contributed by atoms with E-state index in [4.69, 9.17) is 4.74 Å². The second-order valence-electron chi connectivity index (χ2n) is 4.08. The third-order valence-electron chi connectivity index (χ3n) is 2.54. The summed E-state index contributed by atoms with van der Waals surface area (Å²) in [5.41, 5.74) is 1.28. The van der Waals surface area contributed by atoms with E-state index >= 15 is 0 Å². The average Bonchev–Trinajstić information content (AvgIpc) is 2.30. The Labute approximate surface area is 99.0 Å². The SMILES string of the molecule is CCNCCCCCOc1ccc(C)cc1. The molecule has 0 atom stereocenters. The molecule has 0 amide bonds. The lowest BCUT2D eigenvalue weighted by Crippen LogP contribution is -2.14. The fraction of sp³-hybridized carbons (Fsp3) is 0.571. The lowest BCUT2D eigenvalue weighted by atomic mass is 10.2. The Morgan fingerprint density at radius 2 is 1.81 bits per heavy atom. The number of rotatable bonds is 8. The summed E-state index contributed by atoms with van der Waals surface area (Å²) >= 11 is 0. The zero-order valence-corrected chi connectivity index (χ0v) is 10.5. The maximum atomic E-state index is 5.65. The summed E-state index contributed by atoms with van der Waals surface area (Å²) in [6.45, 7) is 7.25. The van der Waals surface area contributed by atoms with Gasteiger partial charge >= 0.3 is 0 Å². The molecule has 0 spiro atoms. The Bertz CT molecular complexity index is 269. The van der Waals surface area contributed by atoms with Crippen LogP contribution in [0.1, 0.15) is 31.7 Å². The number of ether oxygens (including phenoxy) is 1. The number of hydrogen-bond acceptors (Lipinski definition) is 2. The van der Waals surface area contributed by atoms with Crippen molar-refractivity contribution in [2.45, 2.75) is 33.1 Å². The van der Waals surface area contributed by atoms with Crippen LogP contribution in [0.25, 0.3) is 0 Å². The summed E-state index contributed by atoms with van der Waals surface area (Å²) in [5.74, 6) is 0.984. The molecule has 2 heteroatoms. The van der Waals surface area contributed by atoms with Crippen molar-refractivity contribution in [3.05, 3.63) is 29.8 Å². The second-order valence-corrected chi connectivity index (χ2v) is 4.08. The van der Waals surface area contributed by atoms with E-state index in [9.17, 15) is 0 Å². The smallest absolute Gasteiger partial charge is 0.119 e. The minimum Gasteiger partial charge on any atom is -0.494 e. The number of hydrogen-bond donors (Lipinski definition) is 1. The normalized spacial score (nSPS) is 10.4. The predicted octanol–water partition coefficient (Wildman–Crippen LogP) is 3.15. The maximum Gasteiger partial charge on any atom is 0.119 e. The fourth-order valence-corrected chi connectivity index (χ4v) is 1.53. The van der Waals surface area contributed by atoms with E-state index in [2.05, 4.69) is 31.3 Å². The Hall–Kier alpha value is -1.02. The molecule has 16 heavy (non-hydrogen) atoms. The Kier molecular flexibility index (Phi) is 6.66. The van der Waals surface area contributed by atoms with Gasteiger partial charge in [-0.25, -0.2) is 0 Å². The van der Waals surface area contributed by atoms with Crippen molar-refractivity contribution in [3.8, 4) is 5.75 Å². The van der Waals surface area contributed by atoms with Gasteiger partial charge in [0.1, 0.15) is 5.75 Å². The molecule has 0 saturated carbocycles. The summed E-state index contributed by atoms with van der Waals surface area (Å²) in [4.78, 5) is 0. The molecule has 0 aromatic heterocycles. The van der Waals surface area contributed by atoms with E-state index in [0.717, 1.165) is 31.9 Å². The van der Waals surface area contributed by atoms with Gasteiger partial charge in [0.25, 0.3) is 0 Å². The first kappa shape index (κ1) is 13.0. The lowest BCUT2D eigenvalue weighted by molar-refractivity contribution is 0.305. The van der Waals surface area contributed by atoms with Gasteiger partial charge in [-0.15, -0.1) is 0 Å². The van der Waals surface area contributed by atoms with E-state index in [1.807, 2.05) is 12.1 Å². The second kappa shape index (κ2) is 8.17. The minimum atomic E-state index is 0.829. The van der Waals surface area contributed by atoms with E-state index in [0.29, 0.717) is 0 Å². The van der Waals surface area contributed by atoms with Crippen LogP contribution in [0, 0.1) is 6.92 Å². The van der Waals surface area contributed by atoms with Gasteiger partial charge in [-0.1, -0.05) is 24.6 Å². The average molecular weight is 221 g/mol. The van der Waals surface area contributed by atoms with Crippen LogP contribution < -0.4 is 10.1 Å². The summed E-state index contributed by atoms with van der Waals surface area (Å²) in [6.07, 6.45) is 3.61. The molecule has 2 nitrogen and oxygen atoms in total. The van der Waals surface area contributed by atoms with Gasteiger partial charge in [0, 0.05) is 0 Å². The summed E-state index contributed by atoms with van der Waals surface area (Å²) in [5, 5.41) is 3.32. The molecule has 0 saturated heterocycles. The molecule has 0 aliphatic carbocycles. The van der Waals surface area contributed by atoms with Gasteiger partial charge in [-0.05, 0) is 51.4 Å². The van der Waals surface area contributed by atoms with Crippen LogP contribution in [0.4, 0.5) is 0 Å². The molecule has 0 bridgehead atoms. The molecular formula is C14H23NO. The molecule has 1 rings (SSSR count). The highest BCUT2D eigenvalue weighted by Gasteiger charge is 1.93. The van der Waals surface area contributed by atoms with Crippen molar-refractivity contribution in [2.24, 2.45) is 0 Å². The van der Waals surface area contributed by atoms with Gasteiger partial charge in [0.15, 0.2) is 0 Å². The van der Waals surface area contributed by atoms with E-state index in [-0.39, 0.29) is 0 Å². The Morgan fingerprint density at radius 1 is 1.06 bits per heavy atom. The minimum absolute atomic E-state index is 0.829. The van der Waals surface area contributed by atoms with Crippen LogP contribution in [0.15, 0.2) is 24.3 Å². The predicted molar refractivity (Wildman–Crippen MR) is 69.1 cm³/mol. The zero-order chi connectivity index (χ0) is 11.6. The molecule has 0 unspecified atom stereocenters. The van der Waals surface area contributed by atoms with Crippen LogP contribution in [0.3, 0.4) is 0 Å². The van der Waals surface area contributed by atoms with Crippen molar-refractivity contribution in [2.75, 3.05) is 19.7 Å². The standard InChI is InChI=1S/C14H23NO/c1-3-15-11-5-4-6-12-16-14-9-7-13(2)8-10-14/h7-10,15H,3-6,11-12H2,1-2H3. The first-order valence-corrected chi connectivity index (χ1v) is 6.23. The summed E-state index contributed by atoms with van der Waals surface area (Å²) in [6, 6.07) is 8.24. The van der Waals surface area contributed by atoms with Crippen molar-refractivity contribution in [3.63, 3.8) is 0 Å². The number of benzene rings is 1.